The highest BCUT2D eigenvalue weighted by Crippen LogP contribution is 2.44. The second-order valence-electron chi connectivity index (χ2n) is 10.8. The lowest BCUT2D eigenvalue weighted by molar-refractivity contribution is 0.125. The Morgan fingerprint density at radius 3 is 1.43 bits per heavy atom. The number of aliphatic hydroxyl groups is 1. The molecule has 0 saturated carbocycles. The normalized spacial score (nSPS) is 12.1. The van der Waals surface area contributed by atoms with Crippen LogP contribution in [-0.2, 0) is 18.7 Å². The maximum Gasteiger partial charge on any atom is 0.161 e. The molecule has 0 spiro atoms. The highest BCUT2D eigenvalue weighted by Gasteiger charge is 2.36. The lowest BCUT2D eigenvalue weighted by Gasteiger charge is -2.31. The third-order valence-electron chi connectivity index (χ3n) is 8.81. The van der Waals surface area contributed by atoms with Crippen molar-refractivity contribution in [2.75, 3.05) is 14.2 Å². The zero-order chi connectivity index (χ0) is 29.0. The summed E-state index contributed by atoms with van der Waals surface area (Å²) < 4.78 is 15.9. The van der Waals surface area contributed by atoms with Gasteiger partial charge in [0.1, 0.15) is 5.60 Å². The van der Waals surface area contributed by atoms with E-state index < -0.39 is 5.60 Å². The summed E-state index contributed by atoms with van der Waals surface area (Å²) in [5.74, 6) is 1.19. The van der Waals surface area contributed by atoms with Crippen molar-refractivity contribution in [3.63, 3.8) is 0 Å². The fourth-order valence-electron chi connectivity index (χ4n) is 6.80. The molecular weight excluding hydrogens is 520 g/mol. The number of benzene rings is 5. The molecule has 5 heteroatoms. The first kappa shape index (κ1) is 26.2. The number of fused-ring (bicyclic) bond motifs is 6. The van der Waals surface area contributed by atoms with E-state index in [-0.39, 0.29) is 0 Å². The third kappa shape index (κ3) is 3.67. The van der Waals surface area contributed by atoms with Gasteiger partial charge in [0.15, 0.2) is 11.5 Å². The first-order chi connectivity index (χ1) is 20.5. The quantitative estimate of drug-likeness (QED) is 0.202. The van der Waals surface area contributed by atoms with E-state index in [0.29, 0.717) is 17.1 Å². The fraction of sp³-hybridized carbons (Fsp3) is 0.189. The second-order valence-corrected chi connectivity index (χ2v) is 10.8. The van der Waals surface area contributed by atoms with Crippen LogP contribution in [0.3, 0.4) is 0 Å². The molecule has 0 aliphatic heterocycles. The van der Waals surface area contributed by atoms with E-state index in [0.717, 1.165) is 46.0 Å². The minimum Gasteiger partial charge on any atom is -0.493 e. The van der Waals surface area contributed by atoms with E-state index in [2.05, 4.69) is 108 Å². The molecule has 5 aromatic carbocycles. The molecule has 0 atom stereocenters. The molecule has 42 heavy (non-hydrogen) atoms. The van der Waals surface area contributed by atoms with Gasteiger partial charge >= 0.3 is 0 Å². The topological polar surface area (TPSA) is 48.6 Å². The van der Waals surface area contributed by atoms with Gasteiger partial charge in [-0.25, -0.2) is 0 Å². The third-order valence-corrected chi connectivity index (χ3v) is 8.81. The SMILES string of the molecule is CCn1c2ccccc2c2cc(C(O)(c3ccc(OC)c(OC)c3)c3ccc4c(c3)c3ccccc3n4CC)ccc21. The van der Waals surface area contributed by atoms with Gasteiger partial charge in [-0.15, -0.1) is 0 Å². The van der Waals surface area contributed by atoms with Crippen LogP contribution < -0.4 is 9.47 Å². The molecular formula is C37H34N2O3. The van der Waals surface area contributed by atoms with Crippen molar-refractivity contribution in [2.24, 2.45) is 0 Å². The van der Waals surface area contributed by atoms with Gasteiger partial charge in [-0.1, -0.05) is 54.6 Å². The Kier molecular flexibility index (Phi) is 6.21. The zero-order valence-corrected chi connectivity index (χ0v) is 24.4. The van der Waals surface area contributed by atoms with Crippen molar-refractivity contribution >= 4 is 43.6 Å². The summed E-state index contributed by atoms with van der Waals surface area (Å²) in [5, 5.41) is 17.7. The number of nitrogens with zero attached hydrogens (tertiary/aromatic N) is 2. The van der Waals surface area contributed by atoms with Gasteiger partial charge < -0.3 is 23.7 Å². The lowest BCUT2D eigenvalue weighted by Crippen LogP contribution is -2.29. The van der Waals surface area contributed by atoms with Crippen LogP contribution in [0.2, 0.25) is 0 Å². The number of rotatable bonds is 7. The Morgan fingerprint density at radius 2 is 0.952 bits per heavy atom. The van der Waals surface area contributed by atoms with Crippen molar-refractivity contribution < 1.29 is 14.6 Å². The summed E-state index contributed by atoms with van der Waals surface area (Å²) in [7, 11) is 3.25. The number of para-hydroxylation sites is 2. The van der Waals surface area contributed by atoms with Crippen LogP contribution >= 0.6 is 0 Å². The summed E-state index contributed by atoms with van der Waals surface area (Å²) in [6.07, 6.45) is 0. The highest BCUT2D eigenvalue weighted by atomic mass is 16.5. The lowest BCUT2D eigenvalue weighted by atomic mass is 9.79. The van der Waals surface area contributed by atoms with Crippen LogP contribution in [0.1, 0.15) is 30.5 Å². The van der Waals surface area contributed by atoms with E-state index >= 15 is 0 Å². The molecule has 1 N–H and O–H groups in total. The van der Waals surface area contributed by atoms with Gasteiger partial charge in [0.25, 0.3) is 0 Å². The average Bonchev–Trinajstić information content (AvgIpc) is 3.55. The Labute approximate surface area is 245 Å². The molecule has 0 aliphatic rings. The smallest absolute Gasteiger partial charge is 0.161 e. The van der Waals surface area contributed by atoms with Crippen molar-refractivity contribution in [1.29, 1.82) is 0 Å². The fourth-order valence-corrected chi connectivity index (χ4v) is 6.80. The molecule has 5 nitrogen and oxygen atoms in total. The molecule has 0 fully saturated rings. The van der Waals surface area contributed by atoms with Gasteiger partial charge in [-0.3, -0.25) is 0 Å². The Bertz CT molecular complexity index is 2000. The van der Waals surface area contributed by atoms with E-state index in [1.54, 1.807) is 14.2 Å². The predicted octanol–water partition coefficient (Wildman–Crippen LogP) is 8.24. The number of aromatic nitrogens is 2. The van der Waals surface area contributed by atoms with E-state index in [1.807, 2.05) is 18.2 Å². The first-order valence-electron chi connectivity index (χ1n) is 14.5. The minimum atomic E-state index is -1.47. The van der Waals surface area contributed by atoms with Gasteiger partial charge in [-0.2, -0.15) is 0 Å². The summed E-state index contributed by atoms with van der Waals surface area (Å²) >= 11 is 0. The second kappa shape index (κ2) is 9.97. The summed E-state index contributed by atoms with van der Waals surface area (Å²) in [5.41, 5.74) is 5.51. The standard InChI is InChI=1S/C37H34N2O3/c1-5-38-31-13-9-7-11-27(31)29-21-24(15-18-33(29)38)37(40,26-17-20-35(41-3)36(23-26)42-4)25-16-19-34-30(22-25)28-12-8-10-14-32(28)39(34)6-2/h7-23,40H,5-6H2,1-4H3. The Hall–Kier alpha value is -4.74. The molecule has 0 aliphatic carbocycles. The minimum absolute atomic E-state index is 0.570. The van der Waals surface area contributed by atoms with Crippen LogP contribution in [-0.4, -0.2) is 28.5 Å². The van der Waals surface area contributed by atoms with Crippen LogP contribution in [0, 0.1) is 0 Å². The molecule has 7 aromatic rings. The van der Waals surface area contributed by atoms with Crippen molar-refractivity contribution in [3.05, 3.63) is 120 Å². The average molecular weight is 555 g/mol. The molecule has 0 radical (unpaired) electrons. The predicted molar refractivity (Wildman–Crippen MR) is 172 cm³/mol. The Morgan fingerprint density at radius 1 is 0.524 bits per heavy atom. The van der Waals surface area contributed by atoms with Gasteiger partial charge in [0.05, 0.1) is 14.2 Å². The van der Waals surface area contributed by atoms with Crippen LogP contribution in [0.4, 0.5) is 0 Å². The van der Waals surface area contributed by atoms with Crippen molar-refractivity contribution in [1.82, 2.24) is 9.13 Å². The number of aryl methyl sites for hydroxylation is 2. The molecule has 0 bridgehead atoms. The van der Waals surface area contributed by atoms with Crippen LogP contribution in [0.5, 0.6) is 11.5 Å². The maximum absolute atomic E-state index is 13.1. The Balaban J connectivity index is 1.55. The number of methoxy groups -OCH3 is 2. The molecule has 0 unspecified atom stereocenters. The molecule has 7 rings (SSSR count). The highest BCUT2D eigenvalue weighted by molar-refractivity contribution is 6.09. The zero-order valence-electron chi connectivity index (χ0n) is 24.4. The maximum atomic E-state index is 13.1. The summed E-state index contributed by atoms with van der Waals surface area (Å²) in [6, 6.07) is 35.3. The molecule has 0 saturated heterocycles. The van der Waals surface area contributed by atoms with Crippen LogP contribution in [0.15, 0.2) is 103 Å². The number of hydrogen-bond acceptors (Lipinski definition) is 3. The molecule has 0 amide bonds. The number of hydrogen-bond donors (Lipinski definition) is 1. The van der Waals surface area contributed by atoms with Gasteiger partial charge in [-0.05, 0) is 79.1 Å². The van der Waals surface area contributed by atoms with Crippen molar-refractivity contribution in [3.8, 4) is 11.5 Å². The molecule has 2 heterocycles. The van der Waals surface area contributed by atoms with E-state index in [1.165, 1.54) is 21.8 Å². The summed E-state index contributed by atoms with van der Waals surface area (Å²) in [6.45, 7) is 6.06. The number of ether oxygens (including phenoxy) is 2. The van der Waals surface area contributed by atoms with Crippen LogP contribution in [0.25, 0.3) is 43.6 Å². The summed E-state index contributed by atoms with van der Waals surface area (Å²) in [4.78, 5) is 0. The first-order valence-corrected chi connectivity index (χ1v) is 14.5. The van der Waals surface area contributed by atoms with Crippen molar-refractivity contribution in [2.45, 2.75) is 32.5 Å². The van der Waals surface area contributed by atoms with E-state index in [4.69, 9.17) is 9.47 Å². The van der Waals surface area contributed by atoms with E-state index in [9.17, 15) is 5.11 Å². The monoisotopic (exact) mass is 554 g/mol. The molecule has 210 valence electrons. The molecule has 2 aromatic heterocycles. The largest absolute Gasteiger partial charge is 0.493 e. The van der Waals surface area contributed by atoms with Gasteiger partial charge in [0.2, 0.25) is 0 Å². The van der Waals surface area contributed by atoms with Gasteiger partial charge in [0, 0.05) is 56.7 Å².